The summed E-state index contributed by atoms with van der Waals surface area (Å²) in [6.45, 7) is 3.74. The SMILES string of the molecule is Cc1ccc(Nc2nc(Cl)nc(C)c2N)c(Cl)c1. The summed E-state index contributed by atoms with van der Waals surface area (Å²) >= 11 is 11.9. The highest BCUT2D eigenvalue weighted by molar-refractivity contribution is 6.33. The van der Waals surface area contributed by atoms with E-state index >= 15 is 0 Å². The number of rotatable bonds is 2. The maximum atomic E-state index is 6.13. The van der Waals surface area contributed by atoms with Gasteiger partial charge in [-0.3, -0.25) is 0 Å². The molecule has 2 aromatic rings. The van der Waals surface area contributed by atoms with E-state index < -0.39 is 0 Å². The van der Waals surface area contributed by atoms with Crippen LogP contribution in [-0.4, -0.2) is 9.97 Å². The van der Waals surface area contributed by atoms with E-state index in [9.17, 15) is 0 Å². The molecule has 0 aliphatic rings. The molecule has 0 saturated carbocycles. The topological polar surface area (TPSA) is 63.8 Å². The molecule has 0 spiro atoms. The summed E-state index contributed by atoms with van der Waals surface area (Å²) in [5, 5.41) is 3.80. The van der Waals surface area contributed by atoms with Gasteiger partial charge in [-0.15, -0.1) is 0 Å². The molecule has 0 radical (unpaired) electrons. The molecule has 2 rings (SSSR count). The number of halogens is 2. The Labute approximate surface area is 115 Å². The summed E-state index contributed by atoms with van der Waals surface area (Å²) in [4.78, 5) is 8.02. The Bertz CT molecular complexity index is 599. The molecule has 0 unspecified atom stereocenters. The number of aryl methyl sites for hydroxylation is 2. The highest BCUT2D eigenvalue weighted by Crippen LogP contribution is 2.29. The van der Waals surface area contributed by atoms with Crippen molar-refractivity contribution in [1.29, 1.82) is 0 Å². The number of nitrogens with two attached hydrogens (primary N) is 1. The molecule has 0 aliphatic heterocycles. The number of nitrogens with zero attached hydrogens (tertiary/aromatic N) is 2. The van der Waals surface area contributed by atoms with Gasteiger partial charge in [-0.2, -0.15) is 4.98 Å². The highest BCUT2D eigenvalue weighted by Gasteiger charge is 2.09. The van der Waals surface area contributed by atoms with Gasteiger partial charge in [0.15, 0.2) is 5.82 Å². The van der Waals surface area contributed by atoms with Crippen LogP contribution in [0.3, 0.4) is 0 Å². The Balaban J connectivity index is 2.40. The molecule has 0 aliphatic carbocycles. The number of hydrogen-bond donors (Lipinski definition) is 2. The van der Waals surface area contributed by atoms with Crippen LogP contribution in [0.25, 0.3) is 0 Å². The molecular formula is C12H12Cl2N4. The molecule has 3 N–H and O–H groups in total. The van der Waals surface area contributed by atoms with Crippen molar-refractivity contribution in [2.45, 2.75) is 13.8 Å². The zero-order chi connectivity index (χ0) is 13.3. The molecule has 0 atom stereocenters. The summed E-state index contributed by atoms with van der Waals surface area (Å²) < 4.78 is 0. The fraction of sp³-hybridized carbons (Fsp3) is 0.167. The monoisotopic (exact) mass is 282 g/mol. The Morgan fingerprint density at radius 2 is 1.89 bits per heavy atom. The van der Waals surface area contributed by atoms with E-state index in [0.29, 0.717) is 22.2 Å². The number of benzene rings is 1. The molecule has 18 heavy (non-hydrogen) atoms. The minimum atomic E-state index is 0.146. The Kier molecular flexibility index (Phi) is 3.59. The van der Waals surface area contributed by atoms with E-state index in [1.54, 1.807) is 6.92 Å². The zero-order valence-corrected chi connectivity index (χ0v) is 11.5. The standard InChI is InChI=1S/C12H12Cl2N4/c1-6-3-4-9(8(13)5-6)17-11-10(15)7(2)16-12(14)18-11/h3-5H,15H2,1-2H3,(H,16,17,18). The average Bonchev–Trinajstić information content (AvgIpc) is 2.29. The van der Waals surface area contributed by atoms with Crippen LogP contribution in [0.1, 0.15) is 11.3 Å². The third kappa shape index (κ3) is 2.66. The van der Waals surface area contributed by atoms with Gasteiger partial charge in [0.25, 0.3) is 0 Å². The largest absolute Gasteiger partial charge is 0.394 e. The molecule has 0 fully saturated rings. The third-order valence-corrected chi connectivity index (χ3v) is 2.97. The van der Waals surface area contributed by atoms with Crippen LogP contribution in [0.15, 0.2) is 18.2 Å². The van der Waals surface area contributed by atoms with Crippen molar-refractivity contribution in [1.82, 2.24) is 9.97 Å². The minimum absolute atomic E-state index is 0.146. The molecule has 0 bridgehead atoms. The van der Waals surface area contributed by atoms with Crippen LogP contribution >= 0.6 is 23.2 Å². The summed E-state index contributed by atoms with van der Waals surface area (Å²) in [6.07, 6.45) is 0. The minimum Gasteiger partial charge on any atom is -0.394 e. The van der Waals surface area contributed by atoms with Crippen LogP contribution in [0.2, 0.25) is 10.3 Å². The van der Waals surface area contributed by atoms with Crippen molar-refractivity contribution in [2.24, 2.45) is 0 Å². The second-order valence-electron chi connectivity index (χ2n) is 3.95. The number of hydrogen-bond acceptors (Lipinski definition) is 4. The van der Waals surface area contributed by atoms with Gasteiger partial charge in [-0.05, 0) is 43.1 Å². The Hall–Kier alpha value is -1.52. The fourth-order valence-electron chi connectivity index (χ4n) is 1.49. The van der Waals surface area contributed by atoms with E-state index in [2.05, 4.69) is 15.3 Å². The van der Waals surface area contributed by atoms with Gasteiger partial charge in [-0.1, -0.05) is 17.7 Å². The van der Waals surface area contributed by atoms with Crippen LogP contribution in [0.4, 0.5) is 17.2 Å². The first-order valence-corrected chi connectivity index (χ1v) is 6.06. The molecule has 0 saturated heterocycles. The van der Waals surface area contributed by atoms with Crippen molar-refractivity contribution >= 4 is 40.4 Å². The van der Waals surface area contributed by atoms with Gasteiger partial charge >= 0.3 is 0 Å². The van der Waals surface area contributed by atoms with Crippen LogP contribution < -0.4 is 11.1 Å². The predicted octanol–water partition coefficient (Wildman–Crippen LogP) is 3.73. The Morgan fingerprint density at radius 1 is 1.17 bits per heavy atom. The van der Waals surface area contributed by atoms with Crippen molar-refractivity contribution < 1.29 is 0 Å². The second kappa shape index (κ2) is 5.00. The van der Waals surface area contributed by atoms with Gasteiger partial charge < -0.3 is 11.1 Å². The molecule has 1 aromatic heterocycles. The lowest BCUT2D eigenvalue weighted by atomic mass is 10.2. The lowest BCUT2D eigenvalue weighted by molar-refractivity contribution is 1.11. The summed E-state index contributed by atoms with van der Waals surface area (Å²) in [5.41, 5.74) is 8.77. The van der Waals surface area contributed by atoms with Crippen LogP contribution in [0.5, 0.6) is 0 Å². The maximum Gasteiger partial charge on any atom is 0.224 e. The lowest BCUT2D eigenvalue weighted by Gasteiger charge is -2.11. The van der Waals surface area contributed by atoms with Gasteiger partial charge in [0.1, 0.15) is 0 Å². The fourth-order valence-corrected chi connectivity index (χ4v) is 1.99. The average molecular weight is 283 g/mol. The van der Waals surface area contributed by atoms with E-state index in [1.807, 2.05) is 25.1 Å². The molecular weight excluding hydrogens is 271 g/mol. The zero-order valence-electron chi connectivity index (χ0n) is 9.96. The van der Waals surface area contributed by atoms with Gasteiger partial charge in [0.05, 0.1) is 22.1 Å². The Morgan fingerprint density at radius 3 is 2.56 bits per heavy atom. The van der Waals surface area contributed by atoms with E-state index in [-0.39, 0.29) is 5.28 Å². The maximum absolute atomic E-state index is 6.13. The highest BCUT2D eigenvalue weighted by atomic mass is 35.5. The van der Waals surface area contributed by atoms with Crippen molar-refractivity contribution in [2.75, 3.05) is 11.1 Å². The summed E-state index contributed by atoms with van der Waals surface area (Å²) in [6, 6.07) is 5.66. The first-order chi connectivity index (χ1) is 8.47. The number of anilines is 3. The first-order valence-electron chi connectivity index (χ1n) is 5.30. The number of nitrogens with one attached hydrogen (secondary N) is 1. The molecule has 1 aromatic carbocycles. The van der Waals surface area contributed by atoms with Crippen molar-refractivity contribution in [3.8, 4) is 0 Å². The first kappa shape index (κ1) is 12.9. The van der Waals surface area contributed by atoms with Crippen molar-refractivity contribution in [3.05, 3.63) is 39.8 Å². The summed E-state index contributed by atoms with van der Waals surface area (Å²) in [7, 11) is 0. The number of nitrogen functional groups attached to an aromatic ring is 1. The second-order valence-corrected chi connectivity index (χ2v) is 4.69. The predicted molar refractivity (Wildman–Crippen MR) is 75.7 cm³/mol. The van der Waals surface area contributed by atoms with Gasteiger partial charge in [0.2, 0.25) is 5.28 Å². The molecule has 94 valence electrons. The molecule has 6 heteroatoms. The quantitative estimate of drug-likeness (QED) is 0.824. The van der Waals surface area contributed by atoms with Crippen LogP contribution in [0, 0.1) is 13.8 Å². The normalized spacial score (nSPS) is 10.4. The van der Waals surface area contributed by atoms with Gasteiger partial charge in [0, 0.05) is 0 Å². The molecule has 0 amide bonds. The van der Waals surface area contributed by atoms with Crippen LogP contribution in [-0.2, 0) is 0 Å². The van der Waals surface area contributed by atoms with Gasteiger partial charge in [-0.25, -0.2) is 4.98 Å². The number of aromatic nitrogens is 2. The lowest BCUT2D eigenvalue weighted by Crippen LogP contribution is -2.04. The third-order valence-electron chi connectivity index (χ3n) is 2.49. The smallest absolute Gasteiger partial charge is 0.224 e. The van der Waals surface area contributed by atoms with E-state index in [1.165, 1.54) is 0 Å². The summed E-state index contributed by atoms with van der Waals surface area (Å²) in [5.74, 6) is 0.457. The van der Waals surface area contributed by atoms with Crippen molar-refractivity contribution in [3.63, 3.8) is 0 Å². The molecule has 4 nitrogen and oxygen atoms in total. The van der Waals surface area contributed by atoms with E-state index in [0.717, 1.165) is 11.3 Å². The molecule has 1 heterocycles. The van der Waals surface area contributed by atoms with E-state index in [4.69, 9.17) is 28.9 Å².